The number of carbonyl (C=O) groups is 1. The highest BCUT2D eigenvalue weighted by Crippen LogP contribution is 2.18. The minimum absolute atomic E-state index is 0.101. The molecule has 6 nitrogen and oxygen atoms in total. The monoisotopic (exact) mass is 423 g/mol. The molecule has 0 spiro atoms. The molecule has 4 aromatic rings. The predicted molar refractivity (Wildman–Crippen MR) is 112 cm³/mol. The lowest BCUT2D eigenvalue weighted by Gasteiger charge is -2.09. The van der Waals surface area contributed by atoms with E-state index >= 15 is 0 Å². The summed E-state index contributed by atoms with van der Waals surface area (Å²) < 4.78 is 20.3. The number of fused-ring (bicyclic) bond motifs is 1. The zero-order valence-electron chi connectivity index (χ0n) is 15.5. The second-order valence-corrected chi connectivity index (χ2v) is 6.88. The Labute approximate surface area is 175 Å². The van der Waals surface area contributed by atoms with Gasteiger partial charge < -0.3 is 10.1 Å². The summed E-state index contributed by atoms with van der Waals surface area (Å²) in [5.74, 6) is -0.350. The molecule has 2 heterocycles. The van der Waals surface area contributed by atoms with Gasteiger partial charge in [0.2, 0.25) is 0 Å². The minimum Gasteiger partial charge on any atom is -0.487 e. The quantitative estimate of drug-likeness (QED) is 0.519. The average Bonchev–Trinajstić information content (AvgIpc) is 2.74. The summed E-state index contributed by atoms with van der Waals surface area (Å²) in [4.78, 5) is 28.7. The third-order valence-corrected chi connectivity index (χ3v) is 4.49. The summed E-state index contributed by atoms with van der Waals surface area (Å²) >= 11 is 5.90. The molecule has 2 aromatic heterocycles. The van der Waals surface area contributed by atoms with Crippen molar-refractivity contribution in [2.45, 2.75) is 6.61 Å². The van der Waals surface area contributed by atoms with Crippen LogP contribution in [0.3, 0.4) is 0 Å². The van der Waals surface area contributed by atoms with E-state index in [1.165, 1.54) is 40.9 Å². The van der Waals surface area contributed by atoms with Crippen LogP contribution < -0.4 is 15.6 Å². The van der Waals surface area contributed by atoms with Crippen LogP contribution >= 0.6 is 11.6 Å². The number of benzene rings is 2. The van der Waals surface area contributed by atoms with E-state index in [0.29, 0.717) is 27.8 Å². The Kier molecular flexibility index (Phi) is 5.45. The highest BCUT2D eigenvalue weighted by molar-refractivity contribution is 6.30. The first-order valence-corrected chi connectivity index (χ1v) is 9.33. The maximum atomic E-state index is 13.2. The molecule has 1 N–H and O–H groups in total. The van der Waals surface area contributed by atoms with Crippen LogP contribution in [0.1, 0.15) is 16.1 Å². The van der Waals surface area contributed by atoms with Gasteiger partial charge in [0.15, 0.2) is 0 Å². The van der Waals surface area contributed by atoms with Gasteiger partial charge in [0.1, 0.15) is 23.8 Å². The number of halogens is 2. The number of amides is 1. The first-order chi connectivity index (χ1) is 14.5. The highest BCUT2D eigenvalue weighted by atomic mass is 35.5. The lowest BCUT2D eigenvalue weighted by molar-refractivity contribution is 0.102. The van der Waals surface area contributed by atoms with E-state index in [1.807, 2.05) is 0 Å². The maximum absolute atomic E-state index is 13.2. The van der Waals surface area contributed by atoms with Crippen molar-refractivity contribution in [2.75, 3.05) is 5.32 Å². The second kappa shape index (κ2) is 8.34. The standard InChI is InChI=1S/C22H15ClFN3O3/c23-15-4-9-20-25-18(11-21(28)27(20)12-15)13-30-19-7-5-17(6-8-19)26-22(29)14-2-1-3-16(24)10-14/h1-12H,13H2,(H,26,29). The van der Waals surface area contributed by atoms with Gasteiger partial charge in [-0.1, -0.05) is 17.7 Å². The molecule has 0 aliphatic rings. The van der Waals surface area contributed by atoms with Crippen LogP contribution in [0.15, 0.2) is 77.7 Å². The molecule has 0 aliphatic heterocycles. The summed E-state index contributed by atoms with van der Waals surface area (Å²) in [5, 5.41) is 3.13. The molecule has 0 radical (unpaired) electrons. The molecule has 0 saturated heterocycles. The molecule has 0 saturated carbocycles. The van der Waals surface area contributed by atoms with Crippen molar-refractivity contribution in [2.24, 2.45) is 0 Å². The fourth-order valence-corrected chi connectivity index (χ4v) is 2.99. The Balaban J connectivity index is 1.41. The minimum atomic E-state index is -0.476. The first kappa shape index (κ1) is 19.6. The second-order valence-electron chi connectivity index (χ2n) is 6.44. The molecular weight excluding hydrogens is 409 g/mol. The van der Waals surface area contributed by atoms with Gasteiger partial charge in [-0.25, -0.2) is 9.37 Å². The summed E-state index contributed by atoms with van der Waals surface area (Å²) in [6.45, 7) is 0.101. The fourth-order valence-electron chi connectivity index (χ4n) is 2.82. The van der Waals surface area contributed by atoms with Crippen LogP contribution in [0.25, 0.3) is 5.65 Å². The van der Waals surface area contributed by atoms with Crippen LogP contribution in [-0.4, -0.2) is 15.3 Å². The molecule has 0 aliphatic carbocycles. The number of ether oxygens (including phenoxy) is 1. The van der Waals surface area contributed by atoms with E-state index in [9.17, 15) is 14.0 Å². The molecule has 0 unspecified atom stereocenters. The molecular formula is C22H15ClFN3O3. The Bertz CT molecular complexity index is 1290. The zero-order valence-corrected chi connectivity index (χ0v) is 16.3. The molecule has 30 heavy (non-hydrogen) atoms. The molecule has 2 aromatic carbocycles. The molecule has 4 rings (SSSR count). The van der Waals surface area contributed by atoms with Crippen molar-refractivity contribution in [3.8, 4) is 5.75 Å². The van der Waals surface area contributed by atoms with Gasteiger partial charge in [-0.15, -0.1) is 0 Å². The molecule has 0 bridgehead atoms. The molecule has 8 heteroatoms. The topological polar surface area (TPSA) is 72.7 Å². The molecule has 0 atom stereocenters. The van der Waals surface area contributed by atoms with Crippen LogP contribution in [0.5, 0.6) is 5.75 Å². The third kappa shape index (κ3) is 4.47. The number of pyridine rings is 1. The van der Waals surface area contributed by atoms with Gasteiger partial charge in [0.05, 0.1) is 10.7 Å². The van der Waals surface area contributed by atoms with E-state index < -0.39 is 11.7 Å². The fraction of sp³-hybridized carbons (Fsp3) is 0.0455. The smallest absolute Gasteiger partial charge is 0.258 e. The first-order valence-electron chi connectivity index (χ1n) is 8.95. The summed E-state index contributed by atoms with van der Waals surface area (Å²) in [6.07, 6.45) is 1.51. The van der Waals surface area contributed by atoms with Crippen molar-refractivity contribution in [3.05, 3.63) is 105 Å². The lowest BCUT2D eigenvalue weighted by Crippen LogP contribution is -2.16. The van der Waals surface area contributed by atoms with Crippen LogP contribution in [0.4, 0.5) is 10.1 Å². The Hall–Kier alpha value is -3.71. The number of nitrogens with zero attached hydrogens (tertiary/aromatic N) is 2. The van der Waals surface area contributed by atoms with Crippen LogP contribution in [0.2, 0.25) is 5.02 Å². The number of aromatic nitrogens is 2. The Morgan fingerprint density at radius 2 is 1.90 bits per heavy atom. The Morgan fingerprint density at radius 3 is 2.67 bits per heavy atom. The third-order valence-electron chi connectivity index (χ3n) is 4.26. The van der Waals surface area contributed by atoms with Gasteiger partial charge in [-0.2, -0.15) is 0 Å². The van der Waals surface area contributed by atoms with Crippen molar-refractivity contribution >= 4 is 28.8 Å². The summed E-state index contributed by atoms with van der Waals surface area (Å²) in [5.41, 5.74) is 1.46. The average molecular weight is 424 g/mol. The van der Waals surface area contributed by atoms with Gasteiger partial charge in [0.25, 0.3) is 11.5 Å². The SMILES string of the molecule is O=C(Nc1ccc(OCc2cc(=O)n3cc(Cl)ccc3n2)cc1)c1cccc(F)c1. The summed E-state index contributed by atoms with van der Waals surface area (Å²) in [6, 6.07) is 16.8. The number of rotatable bonds is 5. The number of nitrogens with one attached hydrogen (secondary N) is 1. The Morgan fingerprint density at radius 1 is 1.10 bits per heavy atom. The van der Waals surface area contributed by atoms with E-state index in [-0.39, 0.29) is 17.7 Å². The van der Waals surface area contributed by atoms with Gasteiger partial charge in [-0.05, 0) is 54.6 Å². The lowest BCUT2D eigenvalue weighted by atomic mass is 10.2. The largest absolute Gasteiger partial charge is 0.487 e. The van der Waals surface area contributed by atoms with E-state index in [4.69, 9.17) is 16.3 Å². The normalized spacial score (nSPS) is 10.7. The van der Waals surface area contributed by atoms with Crippen LogP contribution in [0, 0.1) is 5.82 Å². The van der Waals surface area contributed by atoms with Crippen molar-refractivity contribution in [1.82, 2.24) is 9.38 Å². The van der Waals surface area contributed by atoms with E-state index in [1.54, 1.807) is 36.4 Å². The van der Waals surface area contributed by atoms with Gasteiger partial charge in [-0.3, -0.25) is 14.0 Å². The number of hydrogen-bond acceptors (Lipinski definition) is 4. The number of hydrogen-bond donors (Lipinski definition) is 1. The molecule has 0 fully saturated rings. The van der Waals surface area contributed by atoms with Crippen molar-refractivity contribution < 1.29 is 13.9 Å². The van der Waals surface area contributed by atoms with Crippen molar-refractivity contribution in [1.29, 1.82) is 0 Å². The molecule has 1 amide bonds. The van der Waals surface area contributed by atoms with Gasteiger partial charge in [0, 0.05) is 23.5 Å². The van der Waals surface area contributed by atoms with Crippen LogP contribution in [-0.2, 0) is 6.61 Å². The summed E-state index contributed by atoms with van der Waals surface area (Å²) in [7, 11) is 0. The number of anilines is 1. The van der Waals surface area contributed by atoms with Crippen molar-refractivity contribution in [3.63, 3.8) is 0 Å². The highest BCUT2D eigenvalue weighted by Gasteiger charge is 2.08. The van der Waals surface area contributed by atoms with Gasteiger partial charge >= 0.3 is 0 Å². The maximum Gasteiger partial charge on any atom is 0.258 e. The number of carbonyl (C=O) groups excluding carboxylic acids is 1. The van der Waals surface area contributed by atoms with E-state index in [2.05, 4.69) is 10.3 Å². The zero-order chi connectivity index (χ0) is 21.1. The predicted octanol–water partition coefficient (Wildman–Crippen LogP) is 4.32. The molecule has 150 valence electrons. The van der Waals surface area contributed by atoms with E-state index in [0.717, 1.165) is 0 Å².